The van der Waals surface area contributed by atoms with Crippen LogP contribution in [0.2, 0.25) is 0 Å². The number of hydrogen-bond acceptors (Lipinski definition) is 4. The van der Waals surface area contributed by atoms with Crippen LogP contribution in [0.1, 0.15) is 35.9 Å². The Labute approximate surface area is 160 Å². The SMILES string of the molecule is CCn1nc(C)c(CCN(C)S(=O)(=O)c2ccc3c(c2)CCC(=O)N3)c1C. The van der Waals surface area contributed by atoms with E-state index in [1.165, 1.54) is 4.31 Å². The van der Waals surface area contributed by atoms with Gasteiger partial charge in [-0.1, -0.05) is 0 Å². The number of nitrogens with one attached hydrogen (secondary N) is 1. The molecule has 146 valence electrons. The molecule has 1 amide bonds. The first kappa shape index (κ1) is 19.6. The monoisotopic (exact) mass is 390 g/mol. The Morgan fingerprint density at radius 1 is 1.26 bits per heavy atom. The molecule has 0 radical (unpaired) electrons. The predicted molar refractivity (Wildman–Crippen MR) is 104 cm³/mol. The summed E-state index contributed by atoms with van der Waals surface area (Å²) in [6.45, 7) is 7.20. The topological polar surface area (TPSA) is 84.3 Å². The number of likely N-dealkylation sites (N-methyl/N-ethyl adjacent to an activating group) is 1. The number of sulfonamides is 1. The minimum Gasteiger partial charge on any atom is -0.326 e. The van der Waals surface area contributed by atoms with E-state index < -0.39 is 10.0 Å². The smallest absolute Gasteiger partial charge is 0.242 e. The summed E-state index contributed by atoms with van der Waals surface area (Å²) in [6.07, 6.45) is 1.56. The Hall–Kier alpha value is -2.19. The van der Waals surface area contributed by atoms with Gasteiger partial charge in [-0.25, -0.2) is 12.7 Å². The molecule has 0 spiro atoms. The molecule has 8 heteroatoms. The van der Waals surface area contributed by atoms with Crippen molar-refractivity contribution in [2.45, 2.75) is 51.5 Å². The van der Waals surface area contributed by atoms with Crippen molar-refractivity contribution in [3.05, 3.63) is 40.7 Å². The number of amides is 1. The van der Waals surface area contributed by atoms with Crippen LogP contribution in [-0.4, -0.2) is 42.0 Å². The van der Waals surface area contributed by atoms with Crippen molar-refractivity contribution in [1.29, 1.82) is 0 Å². The minimum absolute atomic E-state index is 0.0337. The van der Waals surface area contributed by atoms with Gasteiger partial charge in [-0.05, 0) is 62.9 Å². The first-order valence-corrected chi connectivity index (χ1v) is 10.6. The van der Waals surface area contributed by atoms with Crippen LogP contribution in [0.5, 0.6) is 0 Å². The Morgan fingerprint density at radius 2 is 2.00 bits per heavy atom. The van der Waals surface area contributed by atoms with Crippen molar-refractivity contribution in [3.8, 4) is 0 Å². The normalized spacial score (nSPS) is 14.3. The van der Waals surface area contributed by atoms with E-state index in [9.17, 15) is 13.2 Å². The molecule has 2 aromatic rings. The standard InChI is InChI=1S/C19H26N4O3S/c1-5-23-14(3)17(13(2)21-23)10-11-22(4)27(25,26)16-7-8-18-15(12-16)6-9-19(24)20-18/h7-8,12H,5-6,9-11H2,1-4H3,(H,20,24). The van der Waals surface area contributed by atoms with Crippen LogP contribution < -0.4 is 5.32 Å². The molecule has 1 N–H and O–H groups in total. The molecule has 0 bridgehead atoms. The lowest BCUT2D eigenvalue weighted by atomic mass is 10.0. The maximum Gasteiger partial charge on any atom is 0.242 e. The van der Waals surface area contributed by atoms with Gasteiger partial charge in [0.25, 0.3) is 0 Å². The van der Waals surface area contributed by atoms with Crippen molar-refractivity contribution in [2.75, 3.05) is 18.9 Å². The van der Waals surface area contributed by atoms with Crippen LogP contribution in [0.3, 0.4) is 0 Å². The highest BCUT2D eigenvalue weighted by molar-refractivity contribution is 7.89. The summed E-state index contributed by atoms with van der Waals surface area (Å²) in [6, 6.07) is 4.90. The fourth-order valence-electron chi connectivity index (χ4n) is 3.49. The van der Waals surface area contributed by atoms with Gasteiger partial charge in [0, 0.05) is 37.9 Å². The van der Waals surface area contributed by atoms with Crippen molar-refractivity contribution >= 4 is 21.6 Å². The van der Waals surface area contributed by atoms with Gasteiger partial charge >= 0.3 is 0 Å². The zero-order chi connectivity index (χ0) is 19.8. The second kappa shape index (κ2) is 7.44. The molecule has 0 fully saturated rings. The number of rotatable bonds is 6. The van der Waals surface area contributed by atoms with Gasteiger partial charge in [0.1, 0.15) is 0 Å². The van der Waals surface area contributed by atoms with Gasteiger partial charge in [-0.3, -0.25) is 9.48 Å². The fourth-order valence-corrected chi connectivity index (χ4v) is 4.72. The van der Waals surface area contributed by atoms with Gasteiger partial charge in [-0.2, -0.15) is 5.10 Å². The maximum absolute atomic E-state index is 13.0. The van der Waals surface area contributed by atoms with Crippen molar-refractivity contribution in [2.24, 2.45) is 0 Å². The molecule has 0 aliphatic carbocycles. The van der Waals surface area contributed by atoms with E-state index in [0.717, 1.165) is 29.1 Å². The van der Waals surface area contributed by atoms with Crippen LogP contribution in [0.15, 0.2) is 23.1 Å². The zero-order valence-electron chi connectivity index (χ0n) is 16.2. The molecule has 0 unspecified atom stereocenters. The van der Waals surface area contributed by atoms with E-state index in [0.29, 0.717) is 31.5 Å². The number of aromatic nitrogens is 2. The Kier molecular flexibility index (Phi) is 5.39. The fraction of sp³-hybridized carbons (Fsp3) is 0.474. The summed E-state index contributed by atoms with van der Waals surface area (Å²) >= 11 is 0. The maximum atomic E-state index is 13.0. The summed E-state index contributed by atoms with van der Waals surface area (Å²) in [5.74, 6) is -0.0337. The van der Waals surface area contributed by atoms with Crippen LogP contribution >= 0.6 is 0 Å². The lowest BCUT2D eigenvalue weighted by Crippen LogP contribution is -2.29. The first-order chi connectivity index (χ1) is 12.7. The van der Waals surface area contributed by atoms with Gasteiger partial charge in [0.15, 0.2) is 0 Å². The Balaban J connectivity index is 1.77. The molecule has 1 aliphatic rings. The third-order valence-corrected chi connectivity index (χ3v) is 7.04. The van der Waals surface area contributed by atoms with Gasteiger partial charge < -0.3 is 5.32 Å². The summed E-state index contributed by atoms with van der Waals surface area (Å²) in [4.78, 5) is 11.7. The molecule has 7 nitrogen and oxygen atoms in total. The average Bonchev–Trinajstić information content (AvgIpc) is 2.92. The molecule has 2 heterocycles. The second-order valence-electron chi connectivity index (χ2n) is 6.91. The molecule has 1 aromatic carbocycles. The van der Waals surface area contributed by atoms with Gasteiger partial charge in [-0.15, -0.1) is 0 Å². The third kappa shape index (κ3) is 3.77. The van der Waals surface area contributed by atoms with Crippen LogP contribution in [0, 0.1) is 13.8 Å². The highest BCUT2D eigenvalue weighted by Gasteiger charge is 2.24. The second-order valence-corrected chi connectivity index (χ2v) is 8.95. The molecule has 3 rings (SSSR count). The number of carbonyl (C=O) groups is 1. The Morgan fingerprint density at radius 3 is 2.67 bits per heavy atom. The van der Waals surface area contributed by atoms with E-state index in [-0.39, 0.29) is 10.8 Å². The minimum atomic E-state index is -3.59. The van der Waals surface area contributed by atoms with E-state index in [2.05, 4.69) is 10.4 Å². The number of nitrogens with zero attached hydrogens (tertiary/aromatic N) is 3. The van der Waals surface area contributed by atoms with Crippen molar-refractivity contribution < 1.29 is 13.2 Å². The third-order valence-electron chi connectivity index (χ3n) is 5.19. The number of benzene rings is 1. The summed E-state index contributed by atoms with van der Waals surface area (Å²) in [5.41, 5.74) is 4.70. The van der Waals surface area contributed by atoms with E-state index >= 15 is 0 Å². The lowest BCUT2D eigenvalue weighted by Gasteiger charge is -2.21. The number of aryl methyl sites for hydroxylation is 3. The first-order valence-electron chi connectivity index (χ1n) is 9.16. The number of fused-ring (bicyclic) bond motifs is 1. The highest BCUT2D eigenvalue weighted by Crippen LogP contribution is 2.27. The van der Waals surface area contributed by atoms with Crippen LogP contribution in [-0.2, 0) is 34.2 Å². The molecular formula is C19H26N4O3S. The number of hydrogen-bond donors (Lipinski definition) is 1. The summed E-state index contributed by atoms with van der Waals surface area (Å²) in [7, 11) is -1.98. The zero-order valence-corrected chi connectivity index (χ0v) is 17.1. The molecule has 0 saturated heterocycles. The Bertz CT molecular complexity index is 979. The molecule has 27 heavy (non-hydrogen) atoms. The lowest BCUT2D eigenvalue weighted by molar-refractivity contribution is -0.116. The molecular weight excluding hydrogens is 364 g/mol. The van der Waals surface area contributed by atoms with E-state index in [1.807, 2.05) is 25.5 Å². The highest BCUT2D eigenvalue weighted by atomic mass is 32.2. The van der Waals surface area contributed by atoms with Crippen molar-refractivity contribution in [1.82, 2.24) is 14.1 Å². The summed E-state index contributed by atoms with van der Waals surface area (Å²) < 4.78 is 29.2. The van der Waals surface area contributed by atoms with Crippen LogP contribution in [0.4, 0.5) is 5.69 Å². The van der Waals surface area contributed by atoms with E-state index in [1.54, 1.807) is 25.2 Å². The largest absolute Gasteiger partial charge is 0.326 e. The molecule has 0 atom stereocenters. The van der Waals surface area contributed by atoms with Gasteiger partial charge in [0.2, 0.25) is 15.9 Å². The van der Waals surface area contributed by atoms with Crippen LogP contribution in [0.25, 0.3) is 0 Å². The number of carbonyl (C=O) groups excluding carboxylic acids is 1. The molecule has 0 saturated carbocycles. The average molecular weight is 391 g/mol. The number of anilines is 1. The molecule has 1 aromatic heterocycles. The van der Waals surface area contributed by atoms with Gasteiger partial charge in [0.05, 0.1) is 10.6 Å². The molecule has 1 aliphatic heterocycles. The quantitative estimate of drug-likeness (QED) is 0.820. The van der Waals surface area contributed by atoms with Crippen molar-refractivity contribution in [3.63, 3.8) is 0 Å². The summed E-state index contributed by atoms with van der Waals surface area (Å²) in [5, 5.41) is 7.27. The predicted octanol–water partition coefficient (Wildman–Crippen LogP) is 2.27. The van der Waals surface area contributed by atoms with E-state index in [4.69, 9.17) is 0 Å².